The molecule has 0 radical (unpaired) electrons. The molecule has 0 N–H and O–H groups in total. The third-order valence-corrected chi connectivity index (χ3v) is 8.43. The Morgan fingerprint density at radius 2 is 0.550 bits per heavy atom. The van der Waals surface area contributed by atoms with E-state index in [0.717, 1.165) is 38.5 Å². The molecule has 0 aliphatic rings. The number of allylic oxidation sites excluding steroid dienone is 4. The van der Waals surface area contributed by atoms with Crippen LogP contribution < -0.4 is 0 Å². The van der Waals surface area contributed by atoms with E-state index in [-0.39, 0.29) is 0 Å². The molecule has 0 aliphatic heterocycles. The van der Waals surface area contributed by atoms with Crippen LogP contribution in [0.15, 0.2) is 24.3 Å². The minimum atomic E-state index is 0.462. The van der Waals surface area contributed by atoms with Gasteiger partial charge >= 0.3 is 0 Å². The molecule has 0 saturated carbocycles. The lowest BCUT2D eigenvalue weighted by molar-refractivity contribution is -0.119. The SMILES string of the molecule is CCCCCCCCCCCCCCC=CCCCC(=O)CCCC=CCCCCCCCCCCCCCC. The lowest BCUT2D eigenvalue weighted by Crippen LogP contribution is -1.96. The first kappa shape index (κ1) is 39.1. The Bertz CT molecular complexity index is 485. The van der Waals surface area contributed by atoms with Crippen LogP contribution in [0.1, 0.15) is 219 Å². The summed E-state index contributed by atoms with van der Waals surface area (Å²) in [5, 5.41) is 0. The highest BCUT2D eigenvalue weighted by Crippen LogP contribution is 2.14. The first-order valence-corrected chi connectivity index (χ1v) is 18.6. The molecule has 0 bridgehead atoms. The standard InChI is InChI=1S/C39H74O/c1-3-5-7-9-11-13-15-17-19-21-23-25-27-29-31-33-35-37-39(40)38-36-34-32-30-28-26-24-22-20-18-16-14-12-10-8-6-4-2/h29-32H,3-28,33-38H2,1-2H3. The minimum absolute atomic E-state index is 0.462. The second-order valence-electron chi connectivity index (χ2n) is 12.6. The van der Waals surface area contributed by atoms with Gasteiger partial charge in [0.2, 0.25) is 0 Å². The van der Waals surface area contributed by atoms with Crippen molar-refractivity contribution in [1.82, 2.24) is 0 Å². The minimum Gasteiger partial charge on any atom is -0.300 e. The highest BCUT2D eigenvalue weighted by molar-refractivity contribution is 5.78. The van der Waals surface area contributed by atoms with Crippen LogP contribution in [0.25, 0.3) is 0 Å². The summed E-state index contributed by atoms with van der Waals surface area (Å²) in [7, 11) is 0. The summed E-state index contributed by atoms with van der Waals surface area (Å²) in [6.07, 6.45) is 51.5. The molecular formula is C39H74O. The van der Waals surface area contributed by atoms with Crippen LogP contribution in [0.3, 0.4) is 0 Å². The van der Waals surface area contributed by atoms with Crippen molar-refractivity contribution in [3.8, 4) is 0 Å². The molecule has 1 nitrogen and oxygen atoms in total. The van der Waals surface area contributed by atoms with Crippen molar-refractivity contribution in [2.45, 2.75) is 219 Å². The first-order chi connectivity index (χ1) is 19.8. The normalized spacial score (nSPS) is 11.8. The summed E-state index contributed by atoms with van der Waals surface area (Å²) in [6.45, 7) is 4.58. The number of unbranched alkanes of at least 4 members (excludes halogenated alkanes) is 26. The monoisotopic (exact) mass is 559 g/mol. The number of hydrogen-bond acceptors (Lipinski definition) is 1. The molecule has 40 heavy (non-hydrogen) atoms. The zero-order valence-electron chi connectivity index (χ0n) is 27.8. The molecule has 0 rings (SSSR count). The van der Waals surface area contributed by atoms with Crippen molar-refractivity contribution in [3.05, 3.63) is 24.3 Å². The van der Waals surface area contributed by atoms with Crippen molar-refractivity contribution >= 4 is 5.78 Å². The maximum Gasteiger partial charge on any atom is 0.132 e. The van der Waals surface area contributed by atoms with Crippen LogP contribution in [0, 0.1) is 0 Å². The van der Waals surface area contributed by atoms with Crippen molar-refractivity contribution in [3.63, 3.8) is 0 Å². The zero-order valence-corrected chi connectivity index (χ0v) is 27.8. The molecule has 0 aromatic rings. The van der Waals surface area contributed by atoms with Gasteiger partial charge in [0.1, 0.15) is 5.78 Å². The Kier molecular flexibility index (Phi) is 35.4. The third kappa shape index (κ3) is 35.2. The highest BCUT2D eigenvalue weighted by atomic mass is 16.1. The Hall–Kier alpha value is -0.850. The van der Waals surface area contributed by atoms with Gasteiger partial charge in [0.15, 0.2) is 0 Å². The van der Waals surface area contributed by atoms with E-state index < -0.39 is 0 Å². The van der Waals surface area contributed by atoms with Gasteiger partial charge in [-0.25, -0.2) is 0 Å². The van der Waals surface area contributed by atoms with E-state index in [1.54, 1.807) is 0 Å². The summed E-state index contributed by atoms with van der Waals surface area (Å²) >= 11 is 0. The van der Waals surface area contributed by atoms with E-state index in [9.17, 15) is 4.79 Å². The summed E-state index contributed by atoms with van der Waals surface area (Å²) in [5.74, 6) is 0.462. The molecule has 0 saturated heterocycles. The van der Waals surface area contributed by atoms with Gasteiger partial charge in [0.25, 0.3) is 0 Å². The largest absolute Gasteiger partial charge is 0.300 e. The Balaban J connectivity index is 3.27. The summed E-state index contributed by atoms with van der Waals surface area (Å²) in [4.78, 5) is 12.1. The molecule has 0 spiro atoms. The molecule has 0 aliphatic carbocycles. The maximum atomic E-state index is 12.1. The molecule has 0 atom stereocenters. The van der Waals surface area contributed by atoms with Crippen molar-refractivity contribution in [2.75, 3.05) is 0 Å². The van der Waals surface area contributed by atoms with Gasteiger partial charge in [-0.2, -0.15) is 0 Å². The van der Waals surface area contributed by atoms with Gasteiger partial charge in [-0.15, -0.1) is 0 Å². The number of Topliss-reactive ketones (excluding diaryl/α,β-unsaturated/α-hetero) is 1. The number of carbonyl (C=O) groups is 1. The van der Waals surface area contributed by atoms with Gasteiger partial charge in [0.05, 0.1) is 0 Å². The fraction of sp³-hybridized carbons (Fsp3) is 0.872. The molecule has 0 heterocycles. The van der Waals surface area contributed by atoms with Gasteiger partial charge in [-0.1, -0.05) is 179 Å². The van der Waals surface area contributed by atoms with Crippen LogP contribution in [0.5, 0.6) is 0 Å². The third-order valence-electron chi connectivity index (χ3n) is 8.43. The lowest BCUT2D eigenvalue weighted by atomic mass is 10.0. The van der Waals surface area contributed by atoms with Crippen LogP contribution in [-0.4, -0.2) is 5.78 Å². The molecular weight excluding hydrogens is 484 g/mol. The van der Waals surface area contributed by atoms with Crippen LogP contribution >= 0.6 is 0 Å². The van der Waals surface area contributed by atoms with E-state index >= 15 is 0 Å². The molecule has 0 aromatic heterocycles. The maximum absolute atomic E-state index is 12.1. The summed E-state index contributed by atoms with van der Waals surface area (Å²) in [6, 6.07) is 0. The van der Waals surface area contributed by atoms with Gasteiger partial charge in [0, 0.05) is 12.8 Å². The van der Waals surface area contributed by atoms with Crippen LogP contribution in [-0.2, 0) is 4.79 Å². The van der Waals surface area contributed by atoms with E-state index in [0.29, 0.717) is 5.78 Å². The molecule has 0 amide bonds. The fourth-order valence-corrected chi connectivity index (χ4v) is 5.64. The Morgan fingerprint density at radius 3 is 0.825 bits per heavy atom. The number of rotatable bonds is 34. The summed E-state index contributed by atoms with van der Waals surface area (Å²) in [5.41, 5.74) is 0. The Morgan fingerprint density at radius 1 is 0.325 bits per heavy atom. The first-order valence-electron chi connectivity index (χ1n) is 18.6. The van der Waals surface area contributed by atoms with E-state index in [1.165, 1.54) is 167 Å². The second kappa shape index (κ2) is 36.2. The highest BCUT2D eigenvalue weighted by Gasteiger charge is 2.00. The van der Waals surface area contributed by atoms with Gasteiger partial charge in [-0.3, -0.25) is 4.79 Å². The van der Waals surface area contributed by atoms with E-state index in [4.69, 9.17) is 0 Å². The molecule has 236 valence electrons. The molecule has 0 fully saturated rings. The average molecular weight is 559 g/mol. The van der Waals surface area contributed by atoms with E-state index in [1.807, 2.05) is 0 Å². The van der Waals surface area contributed by atoms with Crippen LogP contribution in [0.4, 0.5) is 0 Å². The zero-order chi connectivity index (χ0) is 29.0. The lowest BCUT2D eigenvalue weighted by Gasteiger charge is -2.02. The molecule has 1 heteroatoms. The van der Waals surface area contributed by atoms with Crippen molar-refractivity contribution in [1.29, 1.82) is 0 Å². The molecule has 0 aromatic carbocycles. The number of hydrogen-bond donors (Lipinski definition) is 0. The van der Waals surface area contributed by atoms with Crippen molar-refractivity contribution < 1.29 is 4.79 Å². The average Bonchev–Trinajstić information content (AvgIpc) is 2.96. The van der Waals surface area contributed by atoms with Crippen LogP contribution in [0.2, 0.25) is 0 Å². The summed E-state index contributed by atoms with van der Waals surface area (Å²) < 4.78 is 0. The predicted molar refractivity (Wildman–Crippen MR) is 182 cm³/mol. The molecule has 0 unspecified atom stereocenters. The predicted octanol–water partition coefficient (Wildman–Crippen LogP) is 14.2. The number of carbonyl (C=O) groups excluding carboxylic acids is 1. The second-order valence-corrected chi connectivity index (χ2v) is 12.6. The fourth-order valence-electron chi connectivity index (χ4n) is 5.64. The van der Waals surface area contributed by atoms with E-state index in [2.05, 4.69) is 38.2 Å². The Labute approximate surface area is 253 Å². The number of ketones is 1. The topological polar surface area (TPSA) is 17.1 Å². The quantitative estimate of drug-likeness (QED) is 0.0567. The smallest absolute Gasteiger partial charge is 0.132 e. The van der Waals surface area contributed by atoms with Crippen molar-refractivity contribution in [2.24, 2.45) is 0 Å². The van der Waals surface area contributed by atoms with Gasteiger partial charge < -0.3 is 0 Å². The van der Waals surface area contributed by atoms with Gasteiger partial charge in [-0.05, 0) is 51.4 Å².